The summed E-state index contributed by atoms with van der Waals surface area (Å²) in [4.78, 5) is 29.3. The summed E-state index contributed by atoms with van der Waals surface area (Å²) in [5, 5.41) is 3.79. The van der Waals surface area contributed by atoms with Gasteiger partial charge in [-0.05, 0) is 42.5 Å². The third-order valence-corrected chi connectivity index (χ3v) is 6.67. The molecular weight excluding hydrogens is 456 g/mol. The first-order chi connectivity index (χ1) is 17.7. The lowest BCUT2D eigenvalue weighted by atomic mass is 10.1. The first-order valence-corrected chi connectivity index (χ1v) is 12.3. The number of H-pyrrole nitrogens is 1. The molecular formula is C27H28N6O3. The number of benzene rings is 2. The lowest BCUT2D eigenvalue weighted by Crippen LogP contribution is -2.36. The highest BCUT2D eigenvalue weighted by molar-refractivity contribution is 5.93. The predicted octanol–water partition coefficient (Wildman–Crippen LogP) is 3.40. The second-order valence-electron chi connectivity index (χ2n) is 8.90. The summed E-state index contributed by atoms with van der Waals surface area (Å²) >= 11 is 0. The van der Waals surface area contributed by atoms with Gasteiger partial charge < -0.3 is 29.6 Å². The van der Waals surface area contributed by atoms with Crippen molar-refractivity contribution < 1.29 is 9.47 Å². The van der Waals surface area contributed by atoms with Crippen molar-refractivity contribution in [3.05, 3.63) is 71.3 Å². The normalized spacial score (nSPS) is 16.3. The molecule has 6 rings (SSSR count). The quantitative estimate of drug-likeness (QED) is 0.445. The van der Waals surface area contributed by atoms with E-state index in [1.165, 1.54) is 6.33 Å². The molecule has 0 aliphatic carbocycles. The number of rotatable bonds is 5. The minimum atomic E-state index is -0.228. The average Bonchev–Trinajstić information content (AvgIpc) is 2.94. The molecule has 0 bridgehead atoms. The van der Waals surface area contributed by atoms with E-state index in [0.29, 0.717) is 16.7 Å². The van der Waals surface area contributed by atoms with Gasteiger partial charge in [0.25, 0.3) is 5.56 Å². The Hall–Kier alpha value is -3.95. The lowest BCUT2D eigenvalue weighted by molar-refractivity contribution is 0.122. The number of aromatic nitrogens is 3. The molecule has 9 nitrogen and oxygen atoms in total. The van der Waals surface area contributed by atoms with Crippen LogP contribution in [0, 0.1) is 0 Å². The van der Waals surface area contributed by atoms with Crippen LogP contribution >= 0.6 is 0 Å². The van der Waals surface area contributed by atoms with Crippen molar-refractivity contribution in [3.63, 3.8) is 0 Å². The van der Waals surface area contributed by atoms with Gasteiger partial charge in [0.2, 0.25) is 0 Å². The van der Waals surface area contributed by atoms with Gasteiger partial charge in [-0.1, -0.05) is 12.1 Å². The topological polar surface area (TPSA) is 95.6 Å². The van der Waals surface area contributed by atoms with Crippen LogP contribution < -0.4 is 20.7 Å². The third-order valence-electron chi connectivity index (χ3n) is 6.67. The van der Waals surface area contributed by atoms with E-state index in [-0.39, 0.29) is 5.56 Å². The van der Waals surface area contributed by atoms with Crippen molar-refractivity contribution in [2.75, 3.05) is 67.7 Å². The zero-order valence-corrected chi connectivity index (χ0v) is 19.9. The van der Waals surface area contributed by atoms with Crippen LogP contribution in [0.15, 0.2) is 65.7 Å². The summed E-state index contributed by atoms with van der Waals surface area (Å²) < 4.78 is 10.9. The van der Waals surface area contributed by atoms with Crippen molar-refractivity contribution in [1.29, 1.82) is 0 Å². The number of fused-ring (bicyclic) bond motifs is 1. The van der Waals surface area contributed by atoms with Crippen LogP contribution in [-0.2, 0) is 9.47 Å². The molecule has 4 aromatic rings. The molecule has 2 aliphatic heterocycles. The van der Waals surface area contributed by atoms with Crippen molar-refractivity contribution in [2.24, 2.45) is 0 Å². The Balaban J connectivity index is 1.31. The van der Waals surface area contributed by atoms with Crippen LogP contribution in [-0.4, -0.2) is 67.6 Å². The van der Waals surface area contributed by atoms with Gasteiger partial charge >= 0.3 is 0 Å². The monoisotopic (exact) mass is 484 g/mol. The molecule has 0 radical (unpaired) electrons. The molecule has 2 N–H and O–H groups in total. The van der Waals surface area contributed by atoms with Gasteiger partial charge in [0.15, 0.2) is 0 Å². The molecule has 36 heavy (non-hydrogen) atoms. The fourth-order valence-corrected chi connectivity index (χ4v) is 4.71. The maximum Gasteiger partial charge on any atom is 0.262 e. The van der Waals surface area contributed by atoms with E-state index in [0.717, 1.165) is 80.9 Å². The van der Waals surface area contributed by atoms with Crippen LogP contribution in [0.1, 0.15) is 0 Å². The minimum absolute atomic E-state index is 0.228. The van der Waals surface area contributed by atoms with Crippen molar-refractivity contribution in [3.8, 4) is 11.3 Å². The number of aromatic amines is 1. The molecule has 2 saturated heterocycles. The molecule has 0 spiro atoms. The molecule has 184 valence electrons. The Morgan fingerprint density at radius 3 is 2.00 bits per heavy atom. The summed E-state index contributed by atoms with van der Waals surface area (Å²) in [6, 6.07) is 18.4. The summed E-state index contributed by atoms with van der Waals surface area (Å²) in [5.41, 5.74) is 5.24. The zero-order valence-electron chi connectivity index (χ0n) is 19.9. The number of hydrogen-bond donors (Lipinski definition) is 2. The third kappa shape index (κ3) is 4.62. The summed E-state index contributed by atoms with van der Waals surface area (Å²) in [7, 11) is 0. The maximum absolute atomic E-state index is 12.7. The molecule has 4 heterocycles. The second-order valence-corrected chi connectivity index (χ2v) is 8.90. The van der Waals surface area contributed by atoms with Gasteiger partial charge in [-0.3, -0.25) is 4.79 Å². The highest BCUT2D eigenvalue weighted by Gasteiger charge is 2.15. The molecule has 2 aliphatic rings. The minimum Gasteiger partial charge on any atom is -0.378 e. The maximum atomic E-state index is 12.7. The first-order valence-electron chi connectivity index (χ1n) is 12.3. The number of nitrogens with one attached hydrogen (secondary N) is 2. The number of anilines is 4. The van der Waals surface area contributed by atoms with Crippen molar-refractivity contribution in [1.82, 2.24) is 15.0 Å². The summed E-state index contributed by atoms with van der Waals surface area (Å²) in [6.07, 6.45) is 1.43. The predicted molar refractivity (Wildman–Crippen MR) is 141 cm³/mol. The van der Waals surface area contributed by atoms with E-state index in [1.54, 1.807) is 0 Å². The van der Waals surface area contributed by atoms with Gasteiger partial charge in [-0.15, -0.1) is 0 Å². The Kier molecular flexibility index (Phi) is 6.23. The highest BCUT2D eigenvalue weighted by atomic mass is 16.5. The van der Waals surface area contributed by atoms with Crippen molar-refractivity contribution in [2.45, 2.75) is 0 Å². The molecule has 0 amide bonds. The van der Waals surface area contributed by atoms with E-state index in [4.69, 9.17) is 14.5 Å². The number of hydrogen-bond acceptors (Lipinski definition) is 8. The molecule has 0 atom stereocenters. The Morgan fingerprint density at radius 1 is 0.806 bits per heavy atom. The number of morpholine rings is 2. The van der Waals surface area contributed by atoms with Crippen LogP contribution in [0.3, 0.4) is 0 Å². The Labute approximate surface area is 208 Å². The van der Waals surface area contributed by atoms with E-state index >= 15 is 0 Å². The SMILES string of the molecule is O=c1[nH]cnc2cc(-c3ccc(N4CCOCC4)cc3)nc(Nc3ccc(N4CCOCC4)cc3)c12. The van der Waals surface area contributed by atoms with Gasteiger partial charge in [0.1, 0.15) is 11.2 Å². The fourth-order valence-electron chi connectivity index (χ4n) is 4.71. The first kappa shape index (κ1) is 22.5. The lowest BCUT2D eigenvalue weighted by Gasteiger charge is -2.29. The van der Waals surface area contributed by atoms with Gasteiger partial charge in [0.05, 0.1) is 44.0 Å². The number of nitrogens with zero attached hydrogens (tertiary/aromatic N) is 4. The van der Waals surface area contributed by atoms with Gasteiger partial charge in [-0.2, -0.15) is 0 Å². The average molecular weight is 485 g/mol. The van der Waals surface area contributed by atoms with Crippen LogP contribution in [0.25, 0.3) is 22.2 Å². The fraction of sp³-hybridized carbons (Fsp3) is 0.296. The van der Waals surface area contributed by atoms with E-state index in [1.807, 2.05) is 18.2 Å². The largest absolute Gasteiger partial charge is 0.378 e. The van der Waals surface area contributed by atoms with Crippen LogP contribution in [0.2, 0.25) is 0 Å². The highest BCUT2D eigenvalue weighted by Crippen LogP contribution is 2.29. The molecule has 2 fully saturated rings. The molecule has 2 aromatic heterocycles. The van der Waals surface area contributed by atoms with Gasteiger partial charge in [0, 0.05) is 48.8 Å². The van der Waals surface area contributed by atoms with Gasteiger partial charge in [-0.25, -0.2) is 9.97 Å². The molecule has 2 aromatic carbocycles. The summed E-state index contributed by atoms with van der Waals surface area (Å²) in [5.74, 6) is 0.480. The van der Waals surface area contributed by atoms with E-state index in [9.17, 15) is 4.79 Å². The smallest absolute Gasteiger partial charge is 0.262 e. The Bertz CT molecular complexity index is 1390. The summed E-state index contributed by atoms with van der Waals surface area (Å²) in [6.45, 7) is 6.52. The Morgan fingerprint density at radius 2 is 1.39 bits per heavy atom. The standard InChI is InChI=1S/C27H28N6O3/c34-27-25-24(28-18-29-27)17-23(19-1-5-21(6-2-19)32-9-13-35-14-10-32)31-26(25)30-20-3-7-22(8-4-20)33-11-15-36-16-12-33/h1-8,17-18H,9-16H2,(H,30,31)(H,28,29,34). The van der Waals surface area contributed by atoms with Crippen LogP contribution in [0.5, 0.6) is 0 Å². The van der Waals surface area contributed by atoms with E-state index in [2.05, 4.69) is 61.5 Å². The number of pyridine rings is 1. The molecule has 0 unspecified atom stereocenters. The molecule has 9 heteroatoms. The zero-order chi connectivity index (χ0) is 24.3. The molecule has 0 saturated carbocycles. The van der Waals surface area contributed by atoms with Crippen LogP contribution in [0.4, 0.5) is 22.9 Å². The number of ether oxygens (including phenoxy) is 2. The second kappa shape index (κ2) is 9.96. The van der Waals surface area contributed by atoms with E-state index < -0.39 is 0 Å². The van der Waals surface area contributed by atoms with Crippen molar-refractivity contribution >= 4 is 33.8 Å².